The second-order valence-electron chi connectivity index (χ2n) is 5.01. The average Bonchev–Trinajstić information content (AvgIpc) is 2.71. The third-order valence-corrected chi connectivity index (χ3v) is 3.52. The average molecular weight is 262 g/mol. The van der Waals surface area contributed by atoms with E-state index in [2.05, 4.69) is 41.4 Å². The molecule has 1 heterocycles. The Morgan fingerprint density at radius 2 is 2.26 bits per heavy atom. The Bertz CT molecular complexity index is 434. The molecule has 2 rings (SSSR count). The zero-order valence-electron chi connectivity index (χ0n) is 11.7. The van der Waals surface area contributed by atoms with Gasteiger partial charge >= 0.3 is 0 Å². The lowest BCUT2D eigenvalue weighted by Crippen LogP contribution is -2.34. The molecule has 1 amide bonds. The van der Waals surface area contributed by atoms with Crippen molar-refractivity contribution in [2.45, 2.75) is 25.8 Å². The van der Waals surface area contributed by atoms with Gasteiger partial charge in [-0.3, -0.25) is 4.79 Å². The van der Waals surface area contributed by atoms with Crippen LogP contribution in [0.25, 0.3) is 0 Å². The minimum atomic E-state index is -0.0441. The van der Waals surface area contributed by atoms with Crippen molar-refractivity contribution in [3.8, 4) is 0 Å². The van der Waals surface area contributed by atoms with Crippen LogP contribution in [-0.4, -0.2) is 38.8 Å². The summed E-state index contributed by atoms with van der Waals surface area (Å²) in [5, 5.41) is 2.86. The van der Waals surface area contributed by atoms with E-state index in [-0.39, 0.29) is 12.5 Å². The highest BCUT2D eigenvalue weighted by molar-refractivity contribution is 5.77. The molecule has 1 aliphatic heterocycles. The first-order chi connectivity index (χ1) is 9.22. The fraction of sp³-hybridized carbons (Fsp3) is 0.533. The molecule has 1 atom stereocenters. The molecule has 0 fully saturated rings. The number of rotatable bonds is 6. The third-order valence-electron chi connectivity index (χ3n) is 3.52. The van der Waals surface area contributed by atoms with Crippen molar-refractivity contribution in [2.24, 2.45) is 0 Å². The summed E-state index contributed by atoms with van der Waals surface area (Å²) in [6.07, 6.45) is 2.07. The number of fused-ring (bicyclic) bond motifs is 1. The monoisotopic (exact) mass is 262 g/mol. The maximum absolute atomic E-state index is 11.3. The Morgan fingerprint density at radius 3 is 3.05 bits per heavy atom. The number of methoxy groups -OCH3 is 1. The summed E-state index contributed by atoms with van der Waals surface area (Å²) in [6, 6.07) is 9.12. The number of para-hydroxylation sites is 1. The number of anilines is 1. The van der Waals surface area contributed by atoms with Gasteiger partial charge in [-0.1, -0.05) is 18.2 Å². The molecule has 104 valence electrons. The van der Waals surface area contributed by atoms with Gasteiger partial charge in [-0.25, -0.2) is 0 Å². The van der Waals surface area contributed by atoms with E-state index in [1.807, 2.05) is 0 Å². The van der Waals surface area contributed by atoms with Crippen LogP contribution in [0.5, 0.6) is 0 Å². The van der Waals surface area contributed by atoms with Crippen molar-refractivity contribution < 1.29 is 9.53 Å². The van der Waals surface area contributed by atoms with Crippen LogP contribution in [0.2, 0.25) is 0 Å². The number of nitrogens with one attached hydrogen (secondary N) is 1. The molecule has 1 aromatic rings. The Balaban J connectivity index is 1.79. The fourth-order valence-corrected chi connectivity index (χ4v) is 2.63. The van der Waals surface area contributed by atoms with E-state index in [1.54, 1.807) is 0 Å². The molecule has 0 radical (unpaired) electrons. The summed E-state index contributed by atoms with van der Waals surface area (Å²) in [4.78, 5) is 13.7. The number of hydrogen-bond donors (Lipinski definition) is 1. The van der Waals surface area contributed by atoms with Gasteiger partial charge in [0.05, 0.1) is 0 Å². The van der Waals surface area contributed by atoms with E-state index >= 15 is 0 Å². The Morgan fingerprint density at radius 1 is 1.47 bits per heavy atom. The number of ether oxygens (including phenoxy) is 1. The predicted molar refractivity (Wildman–Crippen MR) is 76.5 cm³/mol. The van der Waals surface area contributed by atoms with Gasteiger partial charge in [0.25, 0.3) is 0 Å². The van der Waals surface area contributed by atoms with Crippen LogP contribution in [-0.2, 0) is 16.0 Å². The van der Waals surface area contributed by atoms with Gasteiger partial charge in [-0.2, -0.15) is 0 Å². The van der Waals surface area contributed by atoms with Crippen molar-refractivity contribution in [1.29, 1.82) is 0 Å². The quantitative estimate of drug-likeness (QED) is 0.792. The van der Waals surface area contributed by atoms with Crippen molar-refractivity contribution >= 4 is 11.6 Å². The molecular weight excluding hydrogens is 240 g/mol. The van der Waals surface area contributed by atoms with Gasteiger partial charge in [0.2, 0.25) is 5.91 Å². The topological polar surface area (TPSA) is 41.6 Å². The molecule has 4 nitrogen and oxygen atoms in total. The number of nitrogens with zero attached hydrogens (tertiary/aromatic N) is 1. The predicted octanol–water partition coefficient (Wildman–Crippen LogP) is 1.59. The van der Waals surface area contributed by atoms with Gasteiger partial charge in [0, 0.05) is 31.9 Å². The maximum atomic E-state index is 11.3. The van der Waals surface area contributed by atoms with Crippen molar-refractivity contribution in [2.75, 3.05) is 31.7 Å². The van der Waals surface area contributed by atoms with Crippen molar-refractivity contribution in [3.05, 3.63) is 29.8 Å². The van der Waals surface area contributed by atoms with Gasteiger partial charge in [0.1, 0.15) is 6.61 Å². The van der Waals surface area contributed by atoms with Crippen LogP contribution in [0.4, 0.5) is 5.69 Å². The number of carbonyl (C=O) groups is 1. The highest BCUT2D eigenvalue weighted by Crippen LogP contribution is 2.31. The van der Waals surface area contributed by atoms with E-state index in [0.717, 1.165) is 19.4 Å². The van der Waals surface area contributed by atoms with Crippen molar-refractivity contribution in [1.82, 2.24) is 5.32 Å². The Labute approximate surface area is 114 Å². The Kier molecular flexibility index (Phi) is 4.80. The van der Waals surface area contributed by atoms with Gasteiger partial charge < -0.3 is 15.0 Å². The smallest absolute Gasteiger partial charge is 0.245 e. The summed E-state index contributed by atoms with van der Waals surface area (Å²) >= 11 is 0. The molecule has 0 saturated carbocycles. The van der Waals surface area contributed by atoms with E-state index in [9.17, 15) is 4.79 Å². The molecule has 0 aliphatic carbocycles. The number of benzene rings is 1. The van der Waals surface area contributed by atoms with Crippen molar-refractivity contribution in [3.63, 3.8) is 0 Å². The zero-order valence-corrected chi connectivity index (χ0v) is 11.7. The molecule has 0 aromatic heterocycles. The second kappa shape index (κ2) is 6.57. The lowest BCUT2D eigenvalue weighted by Gasteiger charge is -2.24. The van der Waals surface area contributed by atoms with E-state index < -0.39 is 0 Å². The van der Waals surface area contributed by atoms with Crippen LogP contribution in [0, 0.1) is 0 Å². The third kappa shape index (κ3) is 3.47. The molecule has 0 spiro atoms. The highest BCUT2D eigenvalue weighted by atomic mass is 16.5. The molecule has 1 aromatic carbocycles. The molecule has 1 N–H and O–H groups in total. The summed E-state index contributed by atoms with van der Waals surface area (Å²) in [5.41, 5.74) is 2.77. The first-order valence-electron chi connectivity index (χ1n) is 6.82. The zero-order chi connectivity index (χ0) is 13.7. The van der Waals surface area contributed by atoms with E-state index in [1.165, 1.54) is 18.4 Å². The second-order valence-corrected chi connectivity index (χ2v) is 5.01. The van der Waals surface area contributed by atoms with Crippen LogP contribution < -0.4 is 10.2 Å². The van der Waals surface area contributed by atoms with E-state index in [0.29, 0.717) is 12.6 Å². The van der Waals surface area contributed by atoms with Gasteiger partial charge in [-0.15, -0.1) is 0 Å². The first kappa shape index (κ1) is 13.9. The Hall–Kier alpha value is -1.55. The summed E-state index contributed by atoms with van der Waals surface area (Å²) < 4.78 is 4.78. The molecule has 0 bridgehead atoms. The number of amides is 1. The molecular formula is C15H22N2O2. The number of hydrogen-bond acceptors (Lipinski definition) is 3. The molecule has 1 aliphatic rings. The first-order valence-corrected chi connectivity index (χ1v) is 6.82. The molecule has 0 unspecified atom stereocenters. The molecule has 19 heavy (non-hydrogen) atoms. The lowest BCUT2D eigenvalue weighted by atomic mass is 10.1. The molecule has 0 saturated heterocycles. The minimum Gasteiger partial charge on any atom is -0.375 e. The standard InChI is InChI=1S/C15H22N2O2/c1-12-10-13-6-3-4-7-14(13)17(12)9-5-8-16-15(18)11-19-2/h3-4,6-7,12H,5,8-11H2,1-2H3,(H,16,18)/t12-/m1/s1. The van der Waals surface area contributed by atoms with E-state index in [4.69, 9.17) is 4.74 Å². The highest BCUT2D eigenvalue weighted by Gasteiger charge is 2.24. The van der Waals surface area contributed by atoms with Crippen LogP contribution in [0.1, 0.15) is 18.9 Å². The molecule has 4 heteroatoms. The normalized spacial score (nSPS) is 17.4. The summed E-state index contributed by atoms with van der Waals surface area (Å²) in [7, 11) is 1.53. The lowest BCUT2D eigenvalue weighted by molar-refractivity contribution is -0.124. The minimum absolute atomic E-state index is 0.0441. The largest absolute Gasteiger partial charge is 0.375 e. The number of carbonyl (C=O) groups excluding carboxylic acids is 1. The van der Waals surface area contributed by atoms with Crippen LogP contribution >= 0.6 is 0 Å². The fourth-order valence-electron chi connectivity index (χ4n) is 2.63. The maximum Gasteiger partial charge on any atom is 0.245 e. The summed E-state index contributed by atoms with van der Waals surface area (Å²) in [5.74, 6) is -0.0441. The summed E-state index contributed by atoms with van der Waals surface area (Å²) in [6.45, 7) is 4.07. The van der Waals surface area contributed by atoms with Gasteiger partial charge in [-0.05, 0) is 31.4 Å². The van der Waals surface area contributed by atoms with Crippen LogP contribution in [0.3, 0.4) is 0 Å². The SMILES string of the molecule is COCC(=O)NCCCN1c2ccccc2C[C@H]1C. The van der Waals surface area contributed by atoms with Crippen LogP contribution in [0.15, 0.2) is 24.3 Å². The van der Waals surface area contributed by atoms with Gasteiger partial charge in [0.15, 0.2) is 0 Å².